The molecule has 0 amide bonds. The number of carbonyl (C=O) groups is 1. The van der Waals surface area contributed by atoms with Gasteiger partial charge in [0, 0.05) is 5.56 Å². The van der Waals surface area contributed by atoms with E-state index in [2.05, 4.69) is 5.32 Å². The number of carbonyl (C=O) groups excluding carboxylic acids is 1. The summed E-state index contributed by atoms with van der Waals surface area (Å²) in [6.45, 7) is 5.35. The number of esters is 1. The smallest absolute Gasteiger partial charge is 0.328 e. The Bertz CT molecular complexity index is 486. The number of benzene rings is 1. The Morgan fingerprint density at radius 3 is 2.53 bits per heavy atom. The first-order valence-corrected chi connectivity index (χ1v) is 5.96. The van der Waals surface area contributed by atoms with Crippen molar-refractivity contribution in [2.24, 2.45) is 5.92 Å². The van der Waals surface area contributed by atoms with Crippen LogP contribution in [0.4, 0.5) is 11.4 Å². The van der Waals surface area contributed by atoms with Gasteiger partial charge in [-0.15, -0.1) is 0 Å². The van der Waals surface area contributed by atoms with Crippen LogP contribution in [-0.2, 0) is 9.53 Å². The molecule has 0 aliphatic rings. The number of anilines is 1. The van der Waals surface area contributed by atoms with Crippen LogP contribution in [0, 0.1) is 23.0 Å². The zero-order chi connectivity index (χ0) is 14.6. The molecule has 1 atom stereocenters. The third kappa shape index (κ3) is 3.43. The minimum absolute atomic E-state index is 0.0166. The lowest BCUT2D eigenvalue weighted by Gasteiger charge is -2.21. The fourth-order valence-electron chi connectivity index (χ4n) is 1.81. The number of para-hydroxylation sites is 1. The highest BCUT2D eigenvalue weighted by Crippen LogP contribution is 2.29. The quantitative estimate of drug-likeness (QED) is 0.503. The van der Waals surface area contributed by atoms with E-state index < -0.39 is 16.9 Å². The third-order valence-corrected chi connectivity index (χ3v) is 2.85. The van der Waals surface area contributed by atoms with E-state index in [4.69, 9.17) is 4.74 Å². The highest BCUT2D eigenvalue weighted by Gasteiger charge is 2.26. The lowest BCUT2D eigenvalue weighted by Crippen LogP contribution is -2.35. The van der Waals surface area contributed by atoms with Gasteiger partial charge in [-0.05, 0) is 18.9 Å². The largest absolute Gasteiger partial charge is 0.467 e. The van der Waals surface area contributed by atoms with Crippen LogP contribution in [-0.4, -0.2) is 24.0 Å². The molecule has 19 heavy (non-hydrogen) atoms. The Kier molecular flexibility index (Phi) is 4.86. The second-order valence-corrected chi connectivity index (χ2v) is 4.62. The van der Waals surface area contributed by atoms with Crippen LogP contribution in [0.2, 0.25) is 0 Å². The highest BCUT2D eigenvalue weighted by molar-refractivity contribution is 5.81. The Hall–Kier alpha value is -2.11. The summed E-state index contributed by atoms with van der Waals surface area (Å²) in [6, 6.07) is 4.33. The predicted octanol–water partition coefficient (Wildman–Crippen LogP) is 2.51. The van der Waals surface area contributed by atoms with Crippen LogP contribution < -0.4 is 5.32 Å². The Labute approximate surface area is 111 Å². The van der Waals surface area contributed by atoms with Crippen LogP contribution >= 0.6 is 0 Å². The van der Waals surface area contributed by atoms with E-state index in [9.17, 15) is 14.9 Å². The average Bonchev–Trinajstić information content (AvgIpc) is 2.34. The van der Waals surface area contributed by atoms with Gasteiger partial charge in [-0.2, -0.15) is 0 Å². The van der Waals surface area contributed by atoms with E-state index in [0.29, 0.717) is 11.3 Å². The van der Waals surface area contributed by atoms with Gasteiger partial charge in [-0.1, -0.05) is 26.0 Å². The van der Waals surface area contributed by atoms with Crippen molar-refractivity contribution in [1.29, 1.82) is 0 Å². The summed E-state index contributed by atoms with van der Waals surface area (Å²) in [4.78, 5) is 22.3. The van der Waals surface area contributed by atoms with E-state index in [1.54, 1.807) is 25.1 Å². The number of aryl methyl sites for hydroxylation is 1. The van der Waals surface area contributed by atoms with Crippen molar-refractivity contribution >= 4 is 17.3 Å². The standard InChI is InChI=1S/C13H18N2O4/c1-8(2)11(13(16)19-4)14-10-7-5-6-9(3)12(10)15(17)18/h5-8,11,14H,1-4H3. The summed E-state index contributed by atoms with van der Waals surface area (Å²) in [5.41, 5.74) is 0.855. The van der Waals surface area contributed by atoms with Crippen molar-refractivity contribution in [3.05, 3.63) is 33.9 Å². The first kappa shape index (κ1) is 14.9. The van der Waals surface area contributed by atoms with Crippen molar-refractivity contribution in [2.75, 3.05) is 12.4 Å². The van der Waals surface area contributed by atoms with E-state index >= 15 is 0 Å². The minimum Gasteiger partial charge on any atom is -0.467 e. The van der Waals surface area contributed by atoms with E-state index in [1.807, 2.05) is 13.8 Å². The summed E-state index contributed by atoms with van der Waals surface area (Å²) >= 11 is 0. The molecule has 0 radical (unpaired) electrons. The maximum atomic E-state index is 11.7. The van der Waals surface area contributed by atoms with E-state index in [1.165, 1.54) is 7.11 Å². The molecule has 0 aliphatic carbocycles. The summed E-state index contributed by atoms with van der Waals surface area (Å²) in [7, 11) is 1.30. The summed E-state index contributed by atoms with van der Waals surface area (Å²) in [6.07, 6.45) is 0. The van der Waals surface area contributed by atoms with Crippen molar-refractivity contribution in [3.63, 3.8) is 0 Å². The fraction of sp³-hybridized carbons (Fsp3) is 0.462. The topological polar surface area (TPSA) is 81.5 Å². The van der Waals surface area contributed by atoms with Gasteiger partial charge in [0.2, 0.25) is 0 Å². The van der Waals surface area contributed by atoms with Crippen LogP contribution in [0.3, 0.4) is 0 Å². The minimum atomic E-state index is -0.620. The van der Waals surface area contributed by atoms with Gasteiger partial charge in [-0.3, -0.25) is 10.1 Å². The maximum Gasteiger partial charge on any atom is 0.328 e. The van der Waals surface area contributed by atoms with Crippen LogP contribution in [0.15, 0.2) is 18.2 Å². The van der Waals surface area contributed by atoms with Gasteiger partial charge >= 0.3 is 5.97 Å². The number of rotatable bonds is 5. The Balaban J connectivity index is 3.13. The molecular formula is C13H18N2O4. The van der Waals surface area contributed by atoms with Crippen LogP contribution in [0.5, 0.6) is 0 Å². The molecule has 0 aromatic heterocycles. The molecule has 1 N–H and O–H groups in total. The van der Waals surface area contributed by atoms with Gasteiger partial charge in [0.15, 0.2) is 0 Å². The van der Waals surface area contributed by atoms with Gasteiger partial charge in [-0.25, -0.2) is 4.79 Å². The molecular weight excluding hydrogens is 248 g/mol. The molecule has 6 nitrogen and oxygen atoms in total. The third-order valence-electron chi connectivity index (χ3n) is 2.85. The van der Waals surface area contributed by atoms with Crippen LogP contribution in [0.1, 0.15) is 19.4 Å². The lowest BCUT2D eigenvalue weighted by molar-refractivity contribution is -0.384. The molecule has 0 saturated heterocycles. The van der Waals surface area contributed by atoms with Gasteiger partial charge < -0.3 is 10.1 Å². The van der Waals surface area contributed by atoms with Gasteiger partial charge in [0.05, 0.1) is 12.0 Å². The SMILES string of the molecule is COC(=O)C(Nc1cccc(C)c1[N+](=O)[O-])C(C)C. The molecule has 1 unspecified atom stereocenters. The molecule has 0 fully saturated rings. The number of nitrogens with zero attached hydrogens (tertiary/aromatic N) is 1. The van der Waals surface area contributed by atoms with E-state index in [0.717, 1.165) is 0 Å². The number of nitro groups is 1. The van der Waals surface area contributed by atoms with Crippen molar-refractivity contribution in [3.8, 4) is 0 Å². The summed E-state index contributed by atoms with van der Waals surface area (Å²) in [5.74, 6) is -0.488. The lowest BCUT2D eigenvalue weighted by atomic mass is 10.0. The monoisotopic (exact) mass is 266 g/mol. The fourth-order valence-corrected chi connectivity index (χ4v) is 1.81. The van der Waals surface area contributed by atoms with E-state index in [-0.39, 0.29) is 11.6 Å². The van der Waals surface area contributed by atoms with Crippen molar-refractivity contribution < 1.29 is 14.5 Å². The van der Waals surface area contributed by atoms with Gasteiger partial charge in [0.25, 0.3) is 5.69 Å². The van der Waals surface area contributed by atoms with Crippen molar-refractivity contribution in [2.45, 2.75) is 26.8 Å². The van der Waals surface area contributed by atoms with Crippen LogP contribution in [0.25, 0.3) is 0 Å². The number of nitrogens with one attached hydrogen (secondary N) is 1. The first-order chi connectivity index (χ1) is 8.88. The van der Waals surface area contributed by atoms with Crippen molar-refractivity contribution in [1.82, 2.24) is 0 Å². The molecule has 1 rings (SSSR count). The molecule has 0 heterocycles. The normalized spacial score (nSPS) is 12.1. The molecule has 104 valence electrons. The zero-order valence-electron chi connectivity index (χ0n) is 11.5. The molecule has 6 heteroatoms. The highest BCUT2D eigenvalue weighted by atomic mass is 16.6. The average molecular weight is 266 g/mol. The maximum absolute atomic E-state index is 11.7. The second kappa shape index (κ2) is 6.17. The number of hydrogen-bond acceptors (Lipinski definition) is 5. The second-order valence-electron chi connectivity index (χ2n) is 4.62. The number of methoxy groups -OCH3 is 1. The number of ether oxygens (including phenoxy) is 1. The summed E-state index contributed by atoms with van der Waals surface area (Å²) in [5, 5.41) is 14.0. The molecule has 0 spiro atoms. The molecule has 0 saturated carbocycles. The Morgan fingerprint density at radius 2 is 2.05 bits per heavy atom. The molecule has 0 bridgehead atoms. The van der Waals surface area contributed by atoms with Gasteiger partial charge in [0.1, 0.15) is 11.7 Å². The molecule has 1 aromatic carbocycles. The molecule has 1 aromatic rings. The molecule has 0 aliphatic heterocycles. The number of nitro benzene ring substituents is 1. The summed E-state index contributed by atoms with van der Waals surface area (Å²) < 4.78 is 4.71. The number of hydrogen-bond donors (Lipinski definition) is 1. The Morgan fingerprint density at radius 1 is 1.42 bits per heavy atom. The zero-order valence-corrected chi connectivity index (χ0v) is 11.5. The first-order valence-electron chi connectivity index (χ1n) is 5.96. The predicted molar refractivity (Wildman–Crippen MR) is 72.1 cm³/mol.